The van der Waals surface area contributed by atoms with Crippen LogP contribution in [0.4, 0.5) is 5.82 Å². The van der Waals surface area contributed by atoms with Crippen LogP contribution in [0.5, 0.6) is 0 Å². The number of aromatic nitrogens is 3. The van der Waals surface area contributed by atoms with Gasteiger partial charge in [-0.15, -0.1) is 5.10 Å². The molecule has 0 amide bonds. The number of anilines is 1. The molecule has 0 bridgehead atoms. The highest BCUT2D eigenvalue weighted by atomic mass is 16.4. The van der Waals surface area contributed by atoms with Crippen molar-refractivity contribution < 1.29 is 9.90 Å². The van der Waals surface area contributed by atoms with Crippen molar-refractivity contribution >= 4 is 17.4 Å². The molecule has 1 aliphatic carbocycles. The molecule has 0 radical (unpaired) electrons. The molecule has 0 unspecified atom stereocenters. The first-order chi connectivity index (χ1) is 9.22. The Bertz CT molecular complexity index is 602. The molecule has 0 spiro atoms. The molecular weight excluding hydrogens is 244 g/mol. The Labute approximate surface area is 110 Å². The van der Waals surface area contributed by atoms with E-state index in [4.69, 9.17) is 5.11 Å². The van der Waals surface area contributed by atoms with Gasteiger partial charge in [-0.25, -0.2) is 14.3 Å². The monoisotopic (exact) mass is 260 g/mol. The molecule has 1 aliphatic rings. The average molecular weight is 260 g/mol. The molecule has 2 aromatic heterocycles. The van der Waals surface area contributed by atoms with Gasteiger partial charge in [0.2, 0.25) is 0 Å². The molecule has 3 rings (SSSR count). The van der Waals surface area contributed by atoms with Gasteiger partial charge in [-0.3, -0.25) is 0 Å². The molecule has 19 heavy (non-hydrogen) atoms. The maximum atomic E-state index is 10.9. The van der Waals surface area contributed by atoms with Gasteiger partial charge in [0.15, 0.2) is 11.3 Å². The number of aromatic carboxylic acids is 1. The van der Waals surface area contributed by atoms with Gasteiger partial charge < -0.3 is 10.4 Å². The van der Waals surface area contributed by atoms with Crippen LogP contribution in [-0.2, 0) is 0 Å². The zero-order valence-corrected chi connectivity index (χ0v) is 10.5. The summed E-state index contributed by atoms with van der Waals surface area (Å²) in [4.78, 5) is 14.8. The van der Waals surface area contributed by atoms with Gasteiger partial charge in [0.05, 0.1) is 6.20 Å². The highest BCUT2D eigenvalue weighted by Crippen LogP contribution is 2.20. The van der Waals surface area contributed by atoms with E-state index >= 15 is 0 Å². The number of carboxylic acid groups (broad SMARTS) is 1. The minimum atomic E-state index is -1.03. The van der Waals surface area contributed by atoms with Crippen LogP contribution in [0.15, 0.2) is 18.3 Å². The molecule has 1 saturated carbocycles. The number of nitrogens with zero attached hydrogens (tertiary/aromatic N) is 3. The van der Waals surface area contributed by atoms with E-state index in [-0.39, 0.29) is 5.69 Å². The fourth-order valence-corrected chi connectivity index (χ4v) is 2.52. The topological polar surface area (TPSA) is 79.5 Å². The summed E-state index contributed by atoms with van der Waals surface area (Å²) in [6, 6.07) is 4.11. The van der Waals surface area contributed by atoms with Gasteiger partial charge in [0, 0.05) is 6.04 Å². The van der Waals surface area contributed by atoms with E-state index in [0.717, 1.165) is 5.82 Å². The molecule has 2 heterocycles. The minimum absolute atomic E-state index is 0.0160. The average Bonchev–Trinajstić information content (AvgIpc) is 2.83. The second kappa shape index (κ2) is 4.87. The summed E-state index contributed by atoms with van der Waals surface area (Å²) < 4.78 is 1.51. The van der Waals surface area contributed by atoms with Crippen molar-refractivity contribution in [3.63, 3.8) is 0 Å². The molecule has 2 N–H and O–H groups in total. The van der Waals surface area contributed by atoms with Crippen molar-refractivity contribution in [3.05, 3.63) is 24.0 Å². The number of rotatable bonds is 3. The first-order valence-electron chi connectivity index (χ1n) is 6.58. The van der Waals surface area contributed by atoms with Crippen molar-refractivity contribution in [2.24, 2.45) is 0 Å². The third kappa shape index (κ3) is 2.52. The lowest BCUT2D eigenvalue weighted by Crippen LogP contribution is -2.23. The lowest BCUT2D eigenvalue weighted by molar-refractivity contribution is 0.0691. The maximum absolute atomic E-state index is 10.9. The van der Waals surface area contributed by atoms with Crippen LogP contribution in [0, 0.1) is 0 Å². The second-order valence-corrected chi connectivity index (χ2v) is 4.93. The van der Waals surface area contributed by atoms with Gasteiger partial charge in [-0.1, -0.05) is 19.3 Å². The van der Waals surface area contributed by atoms with Gasteiger partial charge >= 0.3 is 5.97 Å². The molecule has 6 heteroatoms. The number of imidazole rings is 1. The Balaban J connectivity index is 1.82. The molecule has 100 valence electrons. The van der Waals surface area contributed by atoms with Crippen LogP contribution in [0.1, 0.15) is 42.6 Å². The van der Waals surface area contributed by atoms with Crippen molar-refractivity contribution in [2.75, 3.05) is 5.32 Å². The maximum Gasteiger partial charge on any atom is 0.356 e. The Kier molecular flexibility index (Phi) is 3.06. The highest BCUT2D eigenvalue weighted by molar-refractivity contribution is 5.86. The van der Waals surface area contributed by atoms with Gasteiger partial charge in [0.25, 0.3) is 0 Å². The lowest BCUT2D eigenvalue weighted by Gasteiger charge is -2.23. The van der Waals surface area contributed by atoms with Crippen LogP contribution in [0.3, 0.4) is 0 Å². The van der Waals surface area contributed by atoms with E-state index in [1.807, 2.05) is 6.07 Å². The van der Waals surface area contributed by atoms with E-state index < -0.39 is 5.97 Å². The van der Waals surface area contributed by atoms with Gasteiger partial charge in [0.1, 0.15) is 5.82 Å². The summed E-state index contributed by atoms with van der Waals surface area (Å²) in [5, 5.41) is 16.7. The molecule has 0 aliphatic heterocycles. The number of fused-ring (bicyclic) bond motifs is 1. The van der Waals surface area contributed by atoms with E-state index in [9.17, 15) is 4.79 Å². The van der Waals surface area contributed by atoms with Crippen molar-refractivity contribution in [2.45, 2.75) is 38.1 Å². The number of carboxylic acids is 1. The molecule has 6 nitrogen and oxygen atoms in total. The normalized spacial score (nSPS) is 16.6. The molecule has 0 atom stereocenters. The summed E-state index contributed by atoms with van der Waals surface area (Å²) in [7, 11) is 0. The fraction of sp³-hybridized carbons (Fsp3) is 0.462. The quantitative estimate of drug-likeness (QED) is 0.884. The summed E-state index contributed by atoms with van der Waals surface area (Å²) in [5.41, 5.74) is 0.564. The molecule has 1 fully saturated rings. The Morgan fingerprint density at radius 3 is 2.84 bits per heavy atom. The molecule has 0 aromatic carbocycles. The Morgan fingerprint density at radius 2 is 2.11 bits per heavy atom. The van der Waals surface area contributed by atoms with Crippen LogP contribution in [0.25, 0.3) is 5.65 Å². The summed E-state index contributed by atoms with van der Waals surface area (Å²) in [5.74, 6) is -0.263. The first-order valence-corrected chi connectivity index (χ1v) is 6.58. The number of hydrogen-bond acceptors (Lipinski definition) is 4. The van der Waals surface area contributed by atoms with Gasteiger partial charge in [-0.05, 0) is 25.0 Å². The number of nitrogens with one attached hydrogen (secondary N) is 1. The van der Waals surface area contributed by atoms with Crippen LogP contribution in [-0.4, -0.2) is 31.7 Å². The SMILES string of the molecule is O=C(O)c1cn2nc(NC3CCCCC3)ccc2n1. The predicted octanol–water partition coefficient (Wildman–Crippen LogP) is 2.17. The zero-order valence-electron chi connectivity index (χ0n) is 10.5. The van der Waals surface area contributed by atoms with Crippen LogP contribution >= 0.6 is 0 Å². The van der Waals surface area contributed by atoms with Crippen molar-refractivity contribution in [1.29, 1.82) is 0 Å². The lowest BCUT2D eigenvalue weighted by atomic mass is 9.95. The third-order valence-corrected chi connectivity index (χ3v) is 3.50. The second-order valence-electron chi connectivity index (χ2n) is 4.93. The molecule has 0 saturated heterocycles. The number of carbonyl (C=O) groups is 1. The van der Waals surface area contributed by atoms with E-state index in [1.165, 1.54) is 42.8 Å². The Hall–Kier alpha value is -2.11. The number of hydrogen-bond donors (Lipinski definition) is 2. The third-order valence-electron chi connectivity index (χ3n) is 3.50. The largest absolute Gasteiger partial charge is 0.476 e. The van der Waals surface area contributed by atoms with Crippen molar-refractivity contribution in [3.8, 4) is 0 Å². The fourth-order valence-electron chi connectivity index (χ4n) is 2.52. The summed E-state index contributed by atoms with van der Waals surface area (Å²) in [6.45, 7) is 0. The van der Waals surface area contributed by atoms with Gasteiger partial charge in [-0.2, -0.15) is 0 Å². The highest BCUT2D eigenvalue weighted by Gasteiger charge is 2.14. The van der Waals surface area contributed by atoms with E-state index in [1.54, 1.807) is 6.07 Å². The standard InChI is InChI=1S/C13H16N4O2/c18-13(19)10-8-17-12(15-10)7-6-11(16-17)14-9-4-2-1-3-5-9/h6-9H,1-5H2,(H,14,16)(H,18,19). The summed E-state index contributed by atoms with van der Waals surface area (Å²) in [6.07, 6.45) is 7.61. The molecule has 2 aromatic rings. The Morgan fingerprint density at radius 1 is 1.32 bits per heavy atom. The summed E-state index contributed by atoms with van der Waals surface area (Å²) >= 11 is 0. The smallest absolute Gasteiger partial charge is 0.356 e. The minimum Gasteiger partial charge on any atom is -0.476 e. The van der Waals surface area contributed by atoms with E-state index in [2.05, 4.69) is 15.4 Å². The van der Waals surface area contributed by atoms with Crippen LogP contribution < -0.4 is 5.32 Å². The predicted molar refractivity (Wildman–Crippen MR) is 70.4 cm³/mol. The first kappa shape index (κ1) is 12.0. The van der Waals surface area contributed by atoms with Crippen LogP contribution in [0.2, 0.25) is 0 Å². The molecular formula is C13H16N4O2. The van der Waals surface area contributed by atoms with Crippen molar-refractivity contribution in [1.82, 2.24) is 14.6 Å². The van der Waals surface area contributed by atoms with E-state index in [0.29, 0.717) is 11.7 Å². The zero-order chi connectivity index (χ0) is 13.2.